The number of anilines is 1. The summed E-state index contributed by atoms with van der Waals surface area (Å²) in [6.45, 7) is 3.60. The number of fused-ring (bicyclic) bond motifs is 1. The van der Waals surface area contributed by atoms with Crippen molar-refractivity contribution >= 4 is 32.5 Å². The van der Waals surface area contributed by atoms with Crippen molar-refractivity contribution in [2.75, 3.05) is 37.8 Å². The Labute approximate surface area is 212 Å². The van der Waals surface area contributed by atoms with Crippen LogP contribution in [0.25, 0.3) is 10.9 Å². The molecule has 1 aromatic heterocycles. The lowest BCUT2D eigenvalue weighted by Crippen LogP contribution is -2.48. The number of benzene rings is 2. The van der Waals surface area contributed by atoms with E-state index in [1.165, 1.54) is 17.6 Å². The molecule has 1 N–H and O–H groups in total. The van der Waals surface area contributed by atoms with Crippen molar-refractivity contribution in [3.8, 4) is 5.75 Å². The largest absolute Gasteiger partial charge is 0.492 e. The third kappa shape index (κ3) is 4.65. The van der Waals surface area contributed by atoms with Crippen LogP contribution < -0.4 is 14.4 Å². The number of hydrogen-bond acceptors (Lipinski definition) is 6. The van der Waals surface area contributed by atoms with Gasteiger partial charge in [0.25, 0.3) is 5.91 Å². The molecule has 1 atom stereocenters. The molecule has 5 rings (SSSR count). The zero-order valence-electron chi connectivity index (χ0n) is 21.1. The summed E-state index contributed by atoms with van der Waals surface area (Å²) in [7, 11) is 0.157. The van der Waals surface area contributed by atoms with Gasteiger partial charge in [-0.3, -0.25) is 19.0 Å². The van der Waals surface area contributed by atoms with Gasteiger partial charge in [-0.15, -0.1) is 0 Å². The lowest BCUT2D eigenvalue weighted by molar-refractivity contribution is 0.0767. The van der Waals surface area contributed by atoms with E-state index in [-0.39, 0.29) is 5.91 Å². The third-order valence-corrected chi connectivity index (χ3v) is 8.73. The lowest BCUT2D eigenvalue weighted by Gasteiger charge is -2.37. The summed E-state index contributed by atoms with van der Waals surface area (Å²) >= 11 is 0. The number of carbonyl (C=O) groups excluding carboxylic acids is 1. The first-order valence-corrected chi connectivity index (χ1v) is 14.0. The van der Waals surface area contributed by atoms with E-state index in [0.29, 0.717) is 35.2 Å². The molecule has 1 saturated carbocycles. The van der Waals surface area contributed by atoms with Crippen molar-refractivity contribution in [3.05, 3.63) is 65.4 Å². The molecule has 1 amide bonds. The number of aromatic nitrogens is 1. The molecule has 2 aromatic carbocycles. The fourth-order valence-corrected chi connectivity index (χ4v) is 5.20. The average Bonchev–Trinajstić information content (AvgIpc) is 3.62. The summed E-state index contributed by atoms with van der Waals surface area (Å²) in [5.41, 5.74) is 2.96. The van der Waals surface area contributed by atoms with Crippen LogP contribution in [-0.2, 0) is 15.6 Å². The number of ether oxygens (including phenoxy) is 1. The van der Waals surface area contributed by atoms with Gasteiger partial charge >= 0.3 is 0 Å². The van der Waals surface area contributed by atoms with Gasteiger partial charge < -0.3 is 10.1 Å². The second kappa shape index (κ2) is 9.05. The molecule has 190 valence electrons. The number of carbonyl (C=O) groups is 1. The molecule has 0 bridgehead atoms. The van der Waals surface area contributed by atoms with Crippen LogP contribution in [0.3, 0.4) is 0 Å². The van der Waals surface area contributed by atoms with Crippen molar-refractivity contribution in [2.24, 2.45) is 0 Å². The number of hydrogen-bond donors (Lipinski definition) is 1. The Hall–Kier alpha value is -3.17. The zero-order valence-corrected chi connectivity index (χ0v) is 21.9. The number of sulfonamides is 1. The topological polar surface area (TPSA) is 91.8 Å². The van der Waals surface area contributed by atoms with Crippen molar-refractivity contribution in [2.45, 2.75) is 37.8 Å². The summed E-state index contributed by atoms with van der Waals surface area (Å²) < 4.78 is 31.7. The molecule has 0 radical (unpaired) electrons. The SMILES string of the molecule is Cc1ccc(OC[C@@H]2CCN2C)cc1C(=O)NC1(c2cc(N(C)S(C)(=O)=O)cc3ncccc23)CC1. The first-order valence-electron chi connectivity index (χ1n) is 12.2. The normalized spacial score (nSPS) is 18.9. The number of likely N-dealkylation sites (tertiary alicyclic amines) is 1. The van der Waals surface area contributed by atoms with E-state index in [0.717, 1.165) is 42.3 Å². The number of aryl methyl sites for hydroxylation is 1. The molecule has 0 spiro atoms. The van der Waals surface area contributed by atoms with Gasteiger partial charge in [0.1, 0.15) is 12.4 Å². The van der Waals surface area contributed by atoms with Gasteiger partial charge in [0, 0.05) is 30.2 Å². The molecule has 0 unspecified atom stereocenters. The monoisotopic (exact) mass is 508 g/mol. The number of nitrogens with zero attached hydrogens (tertiary/aromatic N) is 3. The van der Waals surface area contributed by atoms with E-state index in [2.05, 4.69) is 22.2 Å². The molecule has 2 heterocycles. The maximum atomic E-state index is 13.5. The summed E-state index contributed by atoms with van der Waals surface area (Å²) in [4.78, 5) is 20.2. The van der Waals surface area contributed by atoms with Crippen molar-refractivity contribution in [1.29, 1.82) is 0 Å². The number of rotatable bonds is 8. The lowest BCUT2D eigenvalue weighted by atomic mass is 9.97. The van der Waals surface area contributed by atoms with E-state index in [9.17, 15) is 13.2 Å². The van der Waals surface area contributed by atoms with E-state index in [1.807, 2.05) is 43.3 Å². The number of likely N-dealkylation sites (N-methyl/N-ethyl adjacent to an activating group) is 1. The quantitative estimate of drug-likeness (QED) is 0.501. The van der Waals surface area contributed by atoms with Crippen LogP contribution in [0.4, 0.5) is 5.69 Å². The fraction of sp³-hybridized carbons (Fsp3) is 0.407. The first-order chi connectivity index (χ1) is 17.1. The van der Waals surface area contributed by atoms with E-state index < -0.39 is 15.6 Å². The van der Waals surface area contributed by atoms with E-state index in [4.69, 9.17) is 4.74 Å². The number of amides is 1. The van der Waals surface area contributed by atoms with Crippen LogP contribution in [-0.4, -0.2) is 63.8 Å². The second-order valence-corrected chi connectivity index (χ2v) is 12.1. The third-order valence-electron chi connectivity index (χ3n) is 7.52. The summed E-state index contributed by atoms with van der Waals surface area (Å²) in [5, 5.41) is 4.16. The maximum absolute atomic E-state index is 13.5. The highest BCUT2D eigenvalue weighted by Crippen LogP contribution is 2.49. The molecule has 2 fully saturated rings. The highest BCUT2D eigenvalue weighted by atomic mass is 32.2. The van der Waals surface area contributed by atoms with Gasteiger partial charge in [0.05, 0.1) is 23.0 Å². The molecular formula is C27H32N4O4S. The minimum atomic E-state index is -3.45. The molecule has 1 aliphatic carbocycles. The summed E-state index contributed by atoms with van der Waals surface area (Å²) in [6.07, 6.45) is 5.50. The fourth-order valence-electron chi connectivity index (χ4n) is 4.72. The van der Waals surface area contributed by atoms with Crippen LogP contribution in [0.5, 0.6) is 5.75 Å². The van der Waals surface area contributed by atoms with E-state index >= 15 is 0 Å². The van der Waals surface area contributed by atoms with Crippen LogP contribution in [0.1, 0.15) is 40.7 Å². The second-order valence-electron chi connectivity index (χ2n) is 10.0. The molecular weight excluding hydrogens is 476 g/mol. The van der Waals surface area contributed by atoms with Gasteiger partial charge in [-0.05, 0) is 81.2 Å². The molecule has 36 heavy (non-hydrogen) atoms. The van der Waals surface area contributed by atoms with Crippen LogP contribution >= 0.6 is 0 Å². The zero-order chi connectivity index (χ0) is 25.7. The van der Waals surface area contributed by atoms with Gasteiger partial charge in [-0.2, -0.15) is 0 Å². The van der Waals surface area contributed by atoms with Gasteiger partial charge in [-0.1, -0.05) is 12.1 Å². The molecule has 3 aromatic rings. The van der Waals surface area contributed by atoms with Crippen molar-refractivity contribution in [1.82, 2.24) is 15.2 Å². The Balaban J connectivity index is 1.44. The number of nitrogens with one attached hydrogen (secondary N) is 1. The van der Waals surface area contributed by atoms with E-state index in [1.54, 1.807) is 12.3 Å². The molecule has 9 heteroatoms. The standard InChI is InChI=1S/C27H32N4O4S/c1-18-7-8-21(35-17-19-9-13-30(19)2)16-23(18)26(32)29-27(10-11-27)24-14-20(31(3)36(4,33)34)15-25-22(24)6-5-12-28-25/h5-8,12,14-16,19H,9-11,13,17H2,1-4H3,(H,29,32)/t19-/m0/s1. The predicted molar refractivity (Wildman–Crippen MR) is 141 cm³/mol. The maximum Gasteiger partial charge on any atom is 0.252 e. The Morgan fingerprint density at radius 2 is 2.03 bits per heavy atom. The van der Waals surface area contributed by atoms with Crippen molar-refractivity contribution < 1.29 is 17.9 Å². The Morgan fingerprint density at radius 3 is 2.67 bits per heavy atom. The van der Waals surface area contributed by atoms with Crippen LogP contribution in [0.15, 0.2) is 48.7 Å². The minimum Gasteiger partial charge on any atom is -0.492 e. The Kier molecular flexibility index (Phi) is 6.16. The van der Waals surface area contributed by atoms with Crippen LogP contribution in [0, 0.1) is 6.92 Å². The molecule has 8 nitrogen and oxygen atoms in total. The Morgan fingerprint density at radius 1 is 1.25 bits per heavy atom. The van der Waals surface area contributed by atoms with Crippen molar-refractivity contribution in [3.63, 3.8) is 0 Å². The average molecular weight is 509 g/mol. The summed E-state index contributed by atoms with van der Waals surface area (Å²) in [6, 6.07) is 13.5. The highest BCUT2D eigenvalue weighted by molar-refractivity contribution is 7.92. The van der Waals surface area contributed by atoms with Gasteiger partial charge in [-0.25, -0.2) is 8.42 Å². The molecule has 1 aliphatic heterocycles. The van der Waals surface area contributed by atoms with Gasteiger partial charge in [0.2, 0.25) is 10.0 Å². The predicted octanol–water partition coefficient (Wildman–Crippen LogP) is 3.44. The first kappa shape index (κ1) is 24.5. The Bertz CT molecular complexity index is 1430. The van der Waals surface area contributed by atoms with Gasteiger partial charge in [0.15, 0.2) is 0 Å². The smallest absolute Gasteiger partial charge is 0.252 e. The molecule has 1 saturated heterocycles. The minimum absolute atomic E-state index is 0.171. The molecule has 2 aliphatic rings. The highest BCUT2D eigenvalue weighted by Gasteiger charge is 2.47. The number of pyridine rings is 1. The summed E-state index contributed by atoms with van der Waals surface area (Å²) in [5.74, 6) is 0.512. The van der Waals surface area contributed by atoms with Crippen LogP contribution in [0.2, 0.25) is 0 Å².